The Labute approximate surface area is 307 Å². The molecule has 0 spiro atoms. The predicted molar refractivity (Wildman–Crippen MR) is 196 cm³/mol. The molecule has 2 saturated carbocycles. The van der Waals surface area contributed by atoms with Crippen molar-refractivity contribution in [3.63, 3.8) is 0 Å². The van der Waals surface area contributed by atoms with E-state index in [1.54, 1.807) is 30.2 Å². The second-order valence-electron chi connectivity index (χ2n) is 14.2. The maximum atomic E-state index is 14.5. The van der Waals surface area contributed by atoms with E-state index in [2.05, 4.69) is 10.3 Å². The smallest absolute Gasteiger partial charge is 0.497 e. The highest BCUT2D eigenvalue weighted by Gasteiger charge is 2.49. The average molecular weight is 770 g/mol. The Kier molecular flexibility index (Phi) is 9.05. The lowest BCUT2D eigenvalue weighted by Gasteiger charge is -2.27. The molecule has 5 aromatic rings. The van der Waals surface area contributed by atoms with Crippen LogP contribution in [0.25, 0.3) is 32.0 Å². The van der Waals surface area contributed by atoms with Crippen LogP contribution in [-0.2, 0) is 34.2 Å². The van der Waals surface area contributed by atoms with Crippen LogP contribution < -0.4 is 15.6 Å². The lowest BCUT2D eigenvalue weighted by Crippen LogP contribution is -2.34. The van der Waals surface area contributed by atoms with Gasteiger partial charge in [-0.1, -0.05) is 12.1 Å². The van der Waals surface area contributed by atoms with Gasteiger partial charge in [0.2, 0.25) is 5.91 Å². The average Bonchev–Trinajstić information content (AvgIpc) is 3.82. The molecule has 0 saturated heterocycles. The van der Waals surface area contributed by atoms with E-state index in [0.29, 0.717) is 78.8 Å². The minimum Gasteiger partial charge on any atom is -0.497 e. The van der Waals surface area contributed by atoms with Crippen LogP contribution in [0.3, 0.4) is 0 Å². The summed E-state index contributed by atoms with van der Waals surface area (Å²) in [6, 6.07) is 13.2. The number of nitrogens with one attached hydrogen (secondary N) is 1. The number of imidazole rings is 1. The summed E-state index contributed by atoms with van der Waals surface area (Å²) in [5.41, 5.74) is -2.98. The molecular weight excluding hydrogens is 732 g/mol. The first-order chi connectivity index (χ1) is 25.3. The lowest BCUT2D eigenvalue weighted by molar-refractivity contribution is -0.132. The number of aliphatic hydroxyl groups excluding tert-OH is 1. The van der Waals surface area contributed by atoms with Crippen molar-refractivity contribution in [2.45, 2.75) is 75.6 Å². The summed E-state index contributed by atoms with van der Waals surface area (Å²) < 4.78 is 77.8. The minimum absolute atomic E-state index is 0.0287. The van der Waals surface area contributed by atoms with Crippen molar-refractivity contribution in [1.82, 2.24) is 18.4 Å². The maximum Gasteiger partial charge on any atom is 0.517 e. The van der Waals surface area contributed by atoms with Crippen molar-refractivity contribution in [2.24, 2.45) is 5.92 Å². The van der Waals surface area contributed by atoms with Gasteiger partial charge in [-0.3, -0.25) is 9.59 Å². The molecule has 2 fully saturated rings. The number of hydrogen-bond donors (Lipinski definition) is 2. The Hall–Kier alpha value is -4.41. The highest BCUT2D eigenvalue weighted by atomic mass is 32.2. The number of methoxy groups -OCH3 is 1. The van der Waals surface area contributed by atoms with E-state index in [0.717, 1.165) is 35.3 Å². The van der Waals surface area contributed by atoms with Crippen LogP contribution >= 0.6 is 11.3 Å². The lowest BCUT2D eigenvalue weighted by atomic mass is 9.93. The number of benzene rings is 2. The number of anilines is 1. The Bertz CT molecular complexity index is 2390. The molecule has 4 heterocycles. The molecule has 0 radical (unpaired) electrons. The van der Waals surface area contributed by atoms with Gasteiger partial charge in [-0.15, -0.1) is 11.3 Å². The fourth-order valence-electron chi connectivity index (χ4n) is 7.48. The van der Waals surface area contributed by atoms with Gasteiger partial charge in [0.1, 0.15) is 5.75 Å². The van der Waals surface area contributed by atoms with Crippen molar-refractivity contribution in [2.75, 3.05) is 25.5 Å². The summed E-state index contributed by atoms with van der Waals surface area (Å²) >= 11 is 1.06. The van der Waals surface area contributed by atoms with E-state index < -0.39 is 27.5 Å². The number of carbonyl (C=O) groups excluding carboxylic acids is 1. The van der Waals surface area contributed by atoms with E-state index in [4.69, 9.17) is 4.74 Å². The number of thiophene rings is 1. The Morgan fingerprint density at radius 3 is 2.30 bits per heavy atom. The standard InChI is InChI=1S/C37H38F3N5O6S2/c1-51-27-10-2-21(3-11-27)20-44-31-19-32(52-34(31)29(18-33(44)47)41-25-6-8-26(46)9-7-25)35-42-28-16-23-12-14-43(36(48)22-4-5-22)15-13-24(23)17-30(28)45(35)53(49,50)37(38,39)40/h2-3,10-11,16-19,22,25-26,41,46H,4-9,12-15,20H2,1H3. The molecule has 2 N–H and O–H groups in total. The Morgan fingerprint density at radius 1 is 0.981 bits per heavy atom. The van der Waals surface area contributed by atoms with Gasteiger partial charge < -0.3 is 24.6 Å². The van der Waals surface area contributed by atoms with Gasteiger partial charge in [0.15, 0.2) is 5.82 Å². The first kappa shape index (κ1) is 35.6. The number of aliphatic hydroxyl groups is 1. The topological polar surface area (TPSA) is 136 Å². The summed E-state index contributed by atoms with van der Waals surface area (Å²) in [5, 5.41) is 13.5. The second kappa shape index (κ2) is 13.5. The third-order valence-corrected chi connectivity index (χ3v) is 13.2. The summed E-state index contributed by atoms with van der Waals surface area (Å²) in [6.45, 7) is 0.980. The number of ether oxygens (including phenoxy) is 1. The summed E-state index contributed by atoms with van der Waals surface area (Å²) in [4.78, 5) is 33.1. The second-order valence-corrected chi connectivity index (χ2v) is 17.0. The highest BCUT2D eigenvalue weighted by Crippen LogP contribution is 2.42. The third-order valence-electron chi connectivity index (χ3n) is 10.6. The number of alkyl halides is 3. The zero-order valence-electron chi connectivity index (χ0n) is 28.9. The summed E-state index contributed by atoms with van der Waals surface area (Å²) in [7, 11) is -4.43. The highest BCUT2D eigenvalue weighted by molar-refractivity contribution is 7.91. The van der Waals surface area contributed by atoms with Gasteiger partial charge in [-0.05, 0) is 98.4 Å². The minimum atomic E-state index is -5.97. The number of fused-ring (bicyclic) bond motifs is 3. The first-order valence-electron chi connectivity index (χ1n) is 17.7. The van der Waals surface area contributed by atoms with Gasteiger partial charge in [-0.25, -0.2) is 8.96 Å². The van der Waals surface area contributed by atoms with Gasteiger partial charge >= 0.3 is 15.5 Å². The van der Waals surface area contributed by atoms with Gasteiger partial charge in [0.25, 0.3) is 5.56 Å². The number of carbonyl (C=O) groups is 1. The molecule has 2 aliphatic carbocycles. The molecule has 0 atom stereocenters. The SMILES string of the molecule is COc1ccc(Cn2c(=O)cc(NC3CCC(O)CC3)c3sc(-c4nc5cc6c(cc5n4S(=O)(=O)C(F)(F)F)CCN(C(=O)C4CC4)CC6)cc32)cc1. The molecule has 53 heavy (non-hydrogen) atoms. The van der Waals surface area contributed by atoms with E-state index in [9.17, 15) is 36.3 Å². The zero-order chi connectivity index (χ0) is 37.2. The molecular formula is C37H38F3N5O6S2. The number of aromatic nitrogens is 3. The van der Waals surface area contributed by atoms with Crippen molar-refractivity contribution in [3.05, 3.63) is 75.6 Å². The van der Waals surface area contributed by atoms with Crippen molar-refractivity contribution in [1.29, 1.82) is 0 Å². The van der Waals surface area contributed by atoms with Gasteiger partial charge in [-0.2, -0.15) is 21.6 Å². The van der Waals surface area contributed by atoms with E-state index in [-0.39, 0.29) is 49.9 Å². The van der Waals surface area contributed by atoms with Gasteiger partial charge in [0.05, 0.1) is 51.6 Å². The molecule has 1 amide bonds. The number of hydrogen-bond acceptors (Lipinski definition) is 9. The van der Waals surface area contributed by atoms with Crippen LogP contribution in [0.2, 0.25) is 0 Å². The van der Waals surface area contributed by atoms with E-state index in [1.165, 1.54) is 22.8 Å². The maximum absolute atomic E-state index is 14.5. The summed E-state index contributed by atoms with van der Waals surface area (Å²) in [5.74, 6) is 0.338. The van der Waals surface area contributed by atoms with Crippen LogP contribution in [0.5, 0.6) is 5.75 Å². The number of pyridine rings is 1. The van der Waals surface area contributed by atoms with Crippen molar-refractivity contribution >= 4 is 54.2 Å². The fourth-order valence-corrected chi connectivity index (χ4v) is 9.64. The molecule has 3 aliphatic rings. The summed E-state index contributed by atoms with van der Waals surface area (Å²) in [6.07, 6.45) is 4.63. The molecule has 0 bridgehead atoms. The van der Waals surface area contributed by atoms with Crippen molar-refractivity contribution < 1.29 is 36.2 Å². The van der Waals surface area contributed by atoms with Crippen molar-refractivity contribution in [3.8, 4) is 16.5 Å². The van der Waals surface area contributed by atoms with Crippen LogP contribution in [0.1, 0.15) is 55.2 Å². The first-order valence-corrected chi connectivity index (χ1v) is 20.0. The molecule has 8 rings (SSSR count). The van der Waals surface area contributed by atoms with E-state index >= 15 is 0 Å². The van der Waals surface area contributed by atoms with Crippen LogP contribution in [0.4, 0.5) is 18.9 Å². The molecule has 1 aliphatic heterocycles. The number of nitrogens with zero attached hydrogens (tertiary/aromatic N) is 4. The number of halogens is 3. The molecule has 0 unspecified atom stereocenters. The van der Waals surface area contributed by atoms with Crippen LogP contribution in [0, 0.1) is 5.92 Å². The fraction of sp³-hybridized carbons (Fsp3) is 0.432. The monoisotopic (exact) mass is 769 g/mol. The zero-order valence-corrected chi connectivity index (χ0v) is 30.5. The van der Waals surface area contributed by atoms with Crippen LogP contribution in [-0.4, -0.2) is 75.7 Å². The Morgan fingerprint density at radius 2 is 1.66 bits per heavy atom. The van der Waals surface area contributed by atoms with Gasteiger partial charge in [0, 0.05) is 31.1 Å². The van der Waals surface area contributed by atoms with E-state index in [1.807, 2.05) is 12.1 Å². The molecule has 2 aromatic carbocycles. The Balaban J connectivity index is 1.27. The quantitative estimate of drug-likeness (QED) is 0.200. The molecule has 11 nitrogen and oxygen atoms in total. The number of amides is 1. The molecule has 3 aromatic heterocycles. The molecule has 280 valence electrons. The third kappa shape index (κ3) is 6.69. The molecule has 16 heteroatoms. The van der Waals surface area contributed by atoms with Crippen LogP contribution in [0.15, 0.2) is 53.3 Å². The number of rotatable bonds is 8. The normalized spacial score (nSPS) is 19.7. The predicted octanol–water partition coefficient (Wildman–Crippen LogP) is 5.89. The largest absolute Gasteiger partial charge is 0.517 e.